The van der Waals surface area contributed by atoms with E-state index in [1.807, 2.05) is 32.0 Å². The van der Waals surface area contributed by atoms with Gasteiger partial charge in [-0.15, -0.1) is 0 Å². The minimum absolute atomic E-state index is 0.0104. The van der Waals surface area contributed by atoms with Crippen molar-refractivity contribution < 1.29 is 28.6 Å². The first-order valence-corrected chi connectivity index (χ1v) is 9.58. The largest absolute Gasteiger partial charge is 0.454 e. The molecule has 2 amide bonds. The molecule has 158 valence electrons. The number of esters is 1. The van der Waals surface area contributed by atoms with Crippen LogP contribution in [0, 0.1) is 13.8 Å². The quantitative estimate of drug-likeness (QED) is 0.680. The number of carbonyl (C=O) groups excluding carboxylic acids is 3. The van der Waals surface area contributed by atoms with E-state index in [-0.39, 0.29) is 29.8 Å². The van der Waals surface area contributed by atoms with E-state index >= 15 is 0 Å². The summed E-state index contributed by atoms with van der Waals surface area (Å²) in [6, 6.07) is 8.46. The van der Waals surface area contributed by atoms with Gasteiger partial charge in [0, 0.05) is 5.69 Å². The van der Waals surface area contributed by atoms with Gasteiger partial charge in [-0.05, 0) is 44.0 Å². The van der Waals surface area contributed by atoms with E-state index in [0.29, 0.717) is 17.2 Å². The molecular formula is C21H21ClN2O6. The number of fused-ring (bicyclic) bond motifs is 1. The second kappa shape index (κ2) is 9.04. The Morgan fingerprint density at radius 2 is 1.87 bits per heavy atom. The minimum Gasteiger partial charge on any atom is -0.454 e. The SMILES string of the molecule is Cc1cccc(C)c1NC(=O)CNC(=O)C(C)OC(=O)c1cc(Cl)c2c(c1)OCO2. The van der Waals surface area contributed by atoms with Crippen LogP contribution in [0.4, 0.5) is 5.69 Å². The highest BCUT2D eigenvalue weighted by atomic mass is 35.5. The fraction of sp³-hybridized carbons (Fsp3) is 0.286. The molecule has 1 aliphatic heterocycles. The molecule has 30 heavy (non-hydrogen) atoms. The lowest BCUT2D eigenvalue weighted by Crippen LogP contribution is -2.40. The Kier molecular flexibility index (Phi) is 6.47. The Labute approximate surface area is 178 Å². The Hall–Kier alpha value is -3.26. The number of amides is 2. The van der Waals surface area contributed by atoms with E-state index in [9.17, 15) is 14.4 Å². The number of ether oxygens (including phenoxy) is 3. The van der Waals surface area contributed by atoms with Crippen LogP contribution in [0.5, 0.6) is 11.5 Å². The number of hydrogen-bond donors (Lipinski definition) is 2. The zero-order chi connectivity index (χ0) is 21.8. The second-order valence-electron chi connectivity index (χ2n) is 6.77. The number of nitrogens with one attached hydrogen (secondary N) is 2. The number of anilines is 1. The van der Waals surface area contributed by atoms with Crippen LogP contribution < -0.4 is 20.1 Å². The molecule has 1 atom stereocenters. The summed E-state index contributed by atoms with van der Waals surface area (Å²) in [4.78, 5) is 36.7. The predicted octanol–water partition coefficient (Wildman–Crippen LogP) is 2.99. The fourth-order valence-corrected chi connectivity index (χ4v) is 3.14. The maximum absolute atomic E-state index is 12.3. The van der Waals surface area contributed by atoms with Crippen LogP contribution in [-0.4, -0.2) is 37.2 Å². The predicted molar refractivity (Wildman–Crippen MR) is 110 cm³/mol. The van der Waals surface area contributed by atoms with Crippen molar-refractivity contribution in [2.45, 2.75) is 26.9 Å². The van der Waals surface area contributed by atoms with Crippen molar-refractivity contribution in [2.24, 2.45) is 0 Å². The molecule has 0 saturated carbocycles. The van der Waals surface area contributed by atoms with Crippen LogP contribution in [-0.2, 0) is 14.3 Å². The number of halogens is 1. The maximum atomic E-state index is 12.3. The van der Waals surface area contributed by atoms with Gasteiger partial charge in [0.15, 0.2) is 17.6 Å². The van der Waals surface area contributed by atoms with Gasteiger partial charge in [0.2, 0.25) is 12.7 Å². The van der Waals surface area contributed by atoms with Gasteiger partial charge in [0.25, 0.3) is 5.91 Å². The van der Waals surface area contributed by atoms with Gasteiger partial charge in [0.05, 0.1) is 17.1 Å². The molecule has 0 aliphatic carbocycles. The van der Waals surface area contributed by atoms with Gasteiger partial charge in [-0.2, -0.15) is 0 Å². The van der Waals surface area contributed by atoms with Crippen LogP contribution in [0.2, 0.25) is 5.02 Å². The van der Waals surface area contributed by atoms with Crippen LogP contribution in [0.15, 0.2) is 30.3 Å². The molecule has 0 saturated heterocycles. The molecule has 2 N–H and O–H groups in total. The van der Waals surface area contributed by atoms with Crippen molar-refractivity contribution in [3.05, 3.63) is 52.0 Å². The van der Waals surface area contributed by atoms with Crippen molar-refractivity contribution in [1.82, 2.24) is 5.32 Å². The zero-order valence-corrected chi connectivity index (χ0v) is 17.5. The highest BCUT2D eigenvalue weighted by Crippen LogP contribution is 2.39. The number of benzene rings is 2. The van der Waals surface area contributed by atoms with E-state index in [0.717, 1.165) is 11.1 Å². The van der Waals surface area contributed by atoms with Crippen LogP contribution in [0.1, 0.15) is 28.4 Å². The van der Waals surface area contributed by atoms with Crippen LogP contribution in [0.3, 0.4) is 0 Å². The summed E-state index contributed by atoms with van der Waals surface area (Å²) >= 11 is 6.05. The van der Waals surface area contributed by atoms with Gasteiger partial charge in [-0.1, -0.05) is 29.8 Å². The molecule has 0 bridgehead atoms. The fourth-order valence-electron chi connectivity index (χ4n) is 2.87. The van der Waals surface area contributed by atoms with Crippen molar-refractivity contribution >= 4 is 35.1 Å². The number of para-hydroxylation sites is 1. The Balaban J connectivity index is 1.53. The average molecular weight is 433 g/mol. The van der Waals surface area contributed by atoms with Crippen molar-refractivity contribution in [3.8, 4) is 11.5 Å². The molecule has 1 heterocycles. The van der Waals surface area contributed by atoms with Gasteiger partial charge < -0.3 is 24.8 Å². The first-order chi connectivity index (χ1) is 14.3. The van der Waals surface area contributed by atoms with Crippen LogP contribution >= 0.6 is 11.6 Å². The minimum atomic E-state index is -1.12. The number of carbonyl (C=O) groups is 3. The molecular weight excluding hydrogens is 412 g/mol. The molecule has 3 rings (SSSR count). The molecule has 0 fully saturated rings. The summed E-state index contributed by atoms with van der Waals surface area (Å²) in [7, 11) is 0. The zero-order valence-electron chi connectivity index (χ0n) is 16.7. The van der Waals surface area contributed by atoms with E-state index in [1.165, 1.54) is 19.1 Å². The molecule has 8 nitrogen and oxygen atoms in total. The van der Waals surface area contributed by atoms with Crippen LogP contribution in [0.25, 0.3) is 0 Å². The Morgan fingerprint density at radius 1 is 1.17 bits per heavy atom. The first kappa shape index (κ1) is 21.4. The number of rotatable bonds is 6. The molecule has 0 spiro atoms. The third-order valence-corrected chi connectivity index (χ3v) is 4.77. The molecule has 2 aromatic rings. The summed E-state index contributed by atoms with van der Waals surface area (Å²) in [6.07, 6.45) is -1.12. The van der Waals surface area contributed by atoms with E-state index in [2.05, 4.69) is 10.6 Å². The molecule has 1 unspecified atom stereocenters. The first-order valence-electron chi connectivity index (χ1n) is 9.20. The smallest absolute Gasteiger partial charge is 0.339 e. The monoisotopic (exact) mass is 432 g/mol. The summed E-state index contributed by atoms with van der Waals surface area (Å²) in [6.45, 7) is 4.92. The standard InChI is InChI=1S/C21H21ClN2O6/c1-11-5-4-6-12(2)18(11)24-17(25)9-23-20(26)13(3)30-21(27)14-7-15(22)19-16(8-14)28-10-29-19/h4-8,13H,9-10H2,1-3H3,(H,23,26)(H,24,25). The Morgan fingerprint density at radius 3 is 2.57 bits per heavy atom. The molecule has 2 aromatic carbocycles. The van der Waals surface area contributed by atoms with E-state index < -0.39 is 18.0 Å². The summed E-state index contributed by atoms with van der Waals surface area (Å²) in [5.41, 5.74) is 2.66. The molecule has 9 heteroatoms. The lowest BCUT2D eigenvalue weighted by Gasteiger charge is -2.15. The normalized spacial score (nSPS) is 12.8. The number of aryl methyl sites for hydroxylation is 2. The lowest BCUT2D eigenvalue weighted by atomic mass is 10.1. The highest BCUT2D eigenvalue weighted by molar-refractivity contribution is 6.32. The summed E-state index contributed by atoms with van der Waals surface area (Å²) < 4.78 is 15.6. The average Bonchev–Trinajstić information content (AvgIpc) is 3.18. The van der Waals surface area contributed by atoms with Gasteiger partial charge in [-0.25, -0.2) is 4.79 Å². The summed E-state index contributed by atoms with van der Waals surface area (Å²) in [5, 5.41) is 5.43. The second-order valence-corrected chi connectivity index (χ2v) is 7.18. The molecule has 0 radical (unpaired) electrons. The van der Waals surface area contributed by atoms with Crippen molar-refractivity contribution in [2.75, 3.05) is 18.7 Å². The van der Waals surface area contributed by atoms with Gasteiger partial charge >= 0.3 is 5.97 Å². The summed E-state index contributed by atoms with van der Waals surface area (Å²) in [5.74, 6) is -1.06. The van der Waals surface area contributed by atoms with Gasteiger partial charge in [0.1, 0.15) is 0 Å². The van der Waals surface area contributed by atoms with Crippen molar-refractivity contribution in [1.29, 1.82) is 0 Å². The van der Waals surface area contributed by atoms with E-state index in [1.54, 1.807) is 0 Å². The molecule has 0 aromatic heterocycles. The third-order valence-electron chi connectivity index (χ3n) is 4.48. The topological polar surface area (TPSA) is 103 Å². The maximum Gasteiger partial charge on any atom is 0.339 e. The third kappa shape index (κ3) is 4.83. The van der Waals surface area contributed by atoms with Crippen molar-refractivity contribution in [3.63, 3.8) is 0 Å². The molecule has 1 aliphatic rings. The Bertz CT molecular complexity index is 987. The lowest BCUT2D eigenvalue weighted by molar-refractivity contribution is -0.130. The van der Waals surface area contributed by atoms with Gasteiger partial charge in [-0.3, -0.25) is 9.59 Å². The highest BCUT2D eigenvalue weighted by Gasteiger charge is 2.24. The van der Waals surface area contributed by atoms with E-state index in [4.69, 9.17) is 25.8 Å². The number of hydrogen-bond acceptors (Lipinski definition) is 6.